The fraction of sp³-hybridized carbons (Fsp3) is 0.333. The maximum atomic E-state index is 11.7. The molecule has 0 aromatic carbocycles. The Labute approximate surface area is 103 Å². The summed E-state index contributed by atoms with van der Waals surface area (Å²) in [6.07, 6.45) is 0. The van der Waals surface area contributed by atoms with Gasteiger partial charge in [0.25, 0.3) is 10.0 Å². The molecule has 0 aliphatic carbocycles. The van der Waals surface area contributed by atoms with Crippen molar-refractivity contribution >= 4 is 22.0 Å². The number of aromatic carboxylic acids is 1. The van der Waals surface area contributed by atoms with E-state index in [4.69, 9.17) is 5.11 Å². The topological polar surface area (TPSA) is 123 Å². The van der Waals surface area contributed by atoms with Crippen molar-refractivity contribution < 1.29 is 32.3 Å². The molecule has 18 heavy (non-hydrogen) atoms. The second-order valence-corrected chi connectivity index (χ2v) is 4.93. The number of carbonyl (C=O) groups is 2. The molecular weight excluding hydrogens is 266 g/mol. The molecule has 0 aliphatic heterocycles. The number of furan rings is 1. The van der Waals surface area contributed by atoms with Crippen LogP contribution in [0.25, 0.3) is 0 Å². The first-order chi connectivity index (χ1) is 8.27. The van der Waals surface area contributed by atoms with Crippen molar-refractivity contribution in [3.63, 3.8) is 0 Å². The lowest BCUT2D eigenvalue weighted by Gasteiger charge is -2.10. The van der Waals surface area contributed by atoms with Gasteiger partial charge in [-0.25, -0.2) is 13.2 Å². The Balaban J connectivity index is 2.92. The van der Waals surface area contributed by atoms with E-state index in [1.54, 1.807) is 0 Å². The van der Waals surface area contributed by atoms with E-state index in [2.05, 4.69) is 9.15 Å². The van der Waals surface area contributed by atoms with Crippen molar-refractivity contribution in [1.82, 2.24) is 4.72 Å². The lowest BCUT2D eigenvalue weighted by atomic mass is 10.4. The third kappa shape index (κ3) is 3.08. The Morgan fingerprint density at radius 3 is 2.50 bits per heavy atom. The van der Waals surface area contributed by atoms with Crippen molar-refractivity contribution in [3.8, 4) is 0 Å². The van der Waals surface area contributed by atoms with Crippen LogP contribution in [0.2, 0.25) is 0 Å². The monoisotopic (exact) mass is 277 g/mol. The number of hydrogen-bond acceptors (Lipinski definition) is 6. The number of ether oxygens (including phenoxy) is 1. The Morgan fingerprint density at radius 2 is 2.06 bits per heavy atom. The van der Waals surface area contributed by atoms with Crippen LogP contribution >= 0.6 is 0 Å². The van der Waals surface area contributed by atoms with Crippen LogP contribution in [0.1, 0.15) is 17.5 Å². The summed E-state index contributed by atoms with van der Waals surface area (Å²) in [5.74, 6) is -2.68. The molecule has 1 rings (SSSR count). The van der Waals surface area contributed by atoms with Gasteiger partial charge in [-0.1, -0.05) is 0 Å². The maximum Gasteiger partial charge on any atom is 0.371 e. The highest BCUT2D eigenvalue weighted by Gasteiger charge is 2.26. The number of nitrogens with one attached hydrogen (secondary N) is 1. The summed E-state index contributed by atoms with van der Waals surface area (Å²) < 4.78 is 34.3. The molecule has 0 fully saturated rings. The van der Waals surface area contributed by atoms with Gasteiger partial charge in [0.05, 0.1) is 7.11 Å². The lowest BCUT2D eigenvalue weighted by Crippen LogP contribution is -2.38. The Bertz CT molecular complexity index is 559. The number of rotatable bonds is 5. The van der Waals surface area contributed by atoms with E-state index in [1.807, 2.05) is 4.72 Å². The van der Waals surface area contributed by atoms with E-state index >= 15 is 0 Å². The lowest BCUT2D eigenvalue weighted by molar-refractivity contribution is -0.142. The van der Waals surface area contributed by atoms with Gasteiger partial charge >= 0.3 is 11.9 Å². The van der Waals surface area contributed by atoms with Gasteiger partial charge in [-0.2, -0.15) is 4.72 Å². The molecule has 1 aromatic rings. The third-order valence-electron chi connectivity index (χ3n) is 1.94. The van der Waals surface area contributed by atoms with Crippen LogP contribution in [0.4, 0.5) is 0 Å². The van der Waals surface area contributed by atoms with Crippen LogP contribution in [-0.2, 0) is 19.6 Å². The highest BCUT2D eigenvalue weighted by molar-refractivity contribution is 7.89. The molecule has 0 bridgehead atoms. The Hall–Kier alpha value is -1.87. The number of methoxy groups -OCH3 is 1. The van der Waals surface area contributed by atoms with Crippen LogP contribution in [0.5, 0.6) is 0 Å². The van der Waals surface area contributed by atoms with Crippen LogP contribution in [0, 0.1) is 0 Å². The molecule has 0 saturated carbocycles. The molecule has 8 nitrogen and oxygen atoms in total. The standard InChI is InChI=1S/C9H11NO7S/c1-5(9(13)16-2)10-18(14,15)7-4-3-6(17-7)8(11)12/h3-5,10H,1-2H3,(H,11,12). The summed E-state index contributed by atoms with van der Waals surface area (Å²) in [7, 11) is -2.99. The molecule has 0 amide bonds. The van der Waals surface area contributed by atoms with E-state index in [0.717, 1.165) is 19.2 Å². The second-order valence-electron chi connectivity index (χ2n) is 3.29. The minimum Gasteiger partial charge on any atom is -0.475 e. The smallest absolute Gasteiger partial charge is 0.371 e. The highest BCUT2D eigenvalue weighted by Crippen LogP contribution is 2.14. The van der Waals surface area contributed by atoms with Crippen molar-refractivity contribution in [2.24, 2.45) is 0 Å². The second kappa shape index (κ2) is 5.19. The third-order valence-corrected chi connectivity index (χ3v) is 3.36. The number of carboxylic acids is 1. The van der Waals surface area contributed by atoms with Crippen molar-refractivity contribution in [3.05, 3.63) is 17.9 Å². The summed E-state index contributed by atoms with van der Waals surface area (Å²) in [6, 6.07) is 0.869. The van der Waals surface area contributed by atoms with Gasteiger partial charge in [0.1, 0.15) is 6.04 Å². The van der Waals surface area contributed by atoms with Crippen LogP contribution in [0.3, 0.4) is 0 Å². The fourth-order valence-corrected chi connectivity index (χ4v) is 2.22. The van der Waals surface area contributed by atoms with Gasteiger partial charge in [0.15, 0.2) is 0 Å². The molecular formula is C9H11NO7S. The average Bonchev–Trinajstić information content (AvgIpc) is 2.77. The van der Waals surface area contributed by atoms with E-state index < -0.39 is 38.9 Å². The maximum absolute atomic E-state index is 11.7. The Kier molecular flexibility index (Phi) is 4.09. The minimum atomic E-state index is -4.11. The summed E-state index contributed by atoms with van der Waals surface area (Å²) in [5, 5.41) is 8.00. The van der Waals surface area contributed by atoms with E-state index in [-0.39, 0.29) is 0 Å². The molecule has 1 atom stereocenters. The molecule has 0 saturated heterocycles. The molecule has 0 aliphatic rings. The summed E-state index contributed by atoms with van der Waals surface area (Å²) in [5.41, 5.74) is 0. The quantitative estimate of drug-likeness (QED) is 0.715. The number of carboxylic acid groups (broad SMARTS) is 1. The van der Waals surface area contributed by atoms with Gasteiger partial charge in [-0.05, 0) is 19.1 Å². The molecule has 2 N–H and O–H groups in total. The van der Waals surface area contributed by atoms with Crippen molar-refractivity contribution in [2.45, 2.75) is 18.1 Å². The zero-order valence-corrected chi connectivity index (χ0v) is 10.4. The normalized spacial score (nSPS) is 13.0. The van der Waals surface area contributed by atoms with Gasteiger partial charge < -0.3 is 14.3 Å². The number of esters is 1. The highest BCUT2D eigenvalue weighted by atomic mass is 32.2. The number of hydrogen-bond donors (Lipinski definition) is 2. The van der Waals surface area contributed by atoms with Gasteiger partial charge in [0.2, 0.25) is 10.9 Å². The molecule has 0 spiro atoms. The Morgan fingerprint density at radius 1 is 1.44 bits per heavy atom. The first-order valence-corrected chi connectivity index (χ1v) is 6.19. The molecule has 1 unspecified atom stereocenters. The predicted octanol–water partition coefficient (Wildman–Crippen LogP) is -0.182. The summed E-state index contributed by atoms with van der Waals surface area (Å²) in [4.78, 5) is 21.6. The SMILES string of the molecule is COC(=O)C(C)NS(=O)(=O)c1ccc(C(=O)O)o1. The number of carbonyl (C=O) groups excluding carboxylic acids is 1. The van der Waals surface area contributed by atoms with E-state index in [0.29, 0.717) is 0 Å². The molecule has 9 heteroatoms. The molecule has 1 aromatic heterocycles. The fourth-order valence-electron chi connectivity index (χ4n) is 1.10. The average molecular weight is 277 g/mol. The van der Waals surface area contributed by atoms with Crippen LogP contribution < -0.4 is 4.72 Å². The summed E-state index contributed by atoms with van der Waals surface area (Å²) in [6.45, 7) is 1.28. The molecule has 0 radical (unpaired) electrons. The van der Waals surface area contributed by atoms with E-state index in [1.165, 1.54) is 6.92 Å². The van der Waals surface area contributed by atoms with Gasteiger partial charge in [-0.3, -0.25) is 4.79 Å². The largest absolute Gasteiger partial charge is 0.475 e. The minimum absolute atomic E-state index is 0.513. The summed E-state index contributed by atoms with van der Waals surface area (Å²) >= 11 is 0. The van der Waals surface area contributed by atoms with E-state index in [9.17, 15) is 18.0 Å². The zero-order chi connectivity index (χ0) is 13.9. The van der Waals surface area contributed by atoms with Gasteiger partial charge in [-0.15, -0.1) is 0 Å². The molecule has 100 valence electrons. The number of sulfonamides is 1. The van der Waals surface area contributed by atoms with Gasteiger partial charge in [0, 0.05) is 0 Å². The van der Waals surface area contributed by atoms with Crippen molar-refractivity contribution in [2.75, 3.05) is 7.11 Å². The zero-order valence-electron chi connectivity index (χ0n) is 9.54. The van der Waals surface area contributed by atoms with Crippen LogP contribution in [0.15, 0.2) is 21.6 Å². The predicted molar refractivity (Wildman–Crippen MR) is 57.5 cm³/mol. The molecule has 1 heterocycles. The first-order valence-electron chi connectivity index (χ1n) is 4.71. The first kappa shape index (κ1) is 14.2. The van der Waals surface area contributed by atoms with Crippen molar-refractivity contribution in [1.29, 1.82) is 0 Å². The van der Waals surface area contributed by atoms with Crippen LogP contribution in [-0.4, -0.2) is 38.6 Å².